The molecule has 1 unspecified atom stereocenters. The van der Waals surface area contributed by atoms with Gasteiger partial charge in [0.1, 0.15) is 36.6 Å². The Labute approximate surface area is 543 Å². The highest BCUT2D eigenvalue weighted by atomic mass is 32.1. The highest BCUT2D eigenvalue weighted by molar-refractivity contribution is 7.13. The molecule has 0 radical (unpaired) electrons. The van der Waals surface area contributed by atoms with Crippen molar-refractivity contribution in [1.29, 1.82) is 0 Å². The van der Waals surface area contributed by atoms with Crippen LogP contribution in [0.1, 0.15) is 106 Å². The highest BCUT2D eigenvalue weighted by Gasteiger charge is 2.45. The van der Waals surface area contributed by atoms with Gasteiger partial charge in [0.05, 0.1) is 96.7 Å². The summed E-state index contributed by atoms with van der Waals surface area (Å²) in [5, 5.41) is 19.1. The zero-order valence-electron chi connectivity index (χ0n) is 54.5. The molecule has 500 valence electrons. The second-order valence-corrected chi connectivity index (χ2v) is 24.4. The summed E-state index contributed by atoms with van der Waals surface area (Å²) in [6.07, 6.45) is 1.57. The molecule has 1 aromatic heterocycles. The number of piperidine rings is 1. The average Bonchev–Trinajstić information content (AvgIpc) is 1.29. The first-order valence-electron chi connectivity index (χ1n) is 31.1. The maximum Gasteiger partial charge on any atom is 0.329 e. The number of amides is 5. The third-order valence-electron chi connectivity index (χ3n) is 16.1. The van der Waals surface area contributed by atoms with E-state index in [0.29, 0.717) is 77.9 Å². The number of esters is 1. The van der Waals surface area contributed by atoms with Gasteiger partial charge in [0, 0.05) is 32.6 Å². The van der Waals surface area contributed by atoms with Gasteiger partial charge in [0.2, 0.25) is 29.4 Å². The molecule has 0 aliphatic carbocycles. The molecular weight excluding hydrogens is 1200 g/mol. The number of rotatable bonds is 34. The van der Waals surface area contributed by atoms with Crippen LogP contribution in [-0.4, -0.2) is 181 Å². The summed E-state index contributed by atoms with van der Waals surface area (Å²) in [5.41, 5.74) is 6.13. The number of β-amino-alcohol motifs (C(OH)–C–C–N with tert-alkyl or cyclic N) is 1. The van der Waals surface area contributed by atoms with Gasteiger partial charge in [-0.3, -0.25) is 24.0 Å². The molecule has 2 aliphatic rings. The molecule has 3 heterocycles. The zero-order chi connectivity index (χ0) is 66.3. The van der Waals surface area contributed by atoms with Crippen LogP contribution < -0.4 is 44.4 Å². The minimum atomic E-state index is -1.01. The number of carbonyl (C=O) groups is 6. The lowest BCUT2D eigenvalue weighted by molar-refractivity contribution is -0.162. The number of thiazole rings is 1. The quantitative estimate of drug-likeness (QED) is 0.0232. The van der Waals surface area contributed by atoms with E-state index >= 15 is 0 Å². The van der Waals surface area contributed by atoms with Crippen LogP contribution in [0.4, 0.5) is 0 Å². The Morgan fingerprint density at radius 3 is 2.04 bits per heavy atom. The van der Waals surface area contributed by atoms with E-state index in [2.05, 4.69) is 20.9 Å². The van der Waals surface area contributed by atoms with Crippen LogP contribution in [0.2, 0.25) is 0 Å². The lowest BCUT2D eigenvalue weighted by Crippen LogP contribution is -2.58. The molecule has 0 spiro atoms. The second kappa shape index (κ2) is 35.1. The minimum Gasteiger partial charge on any atom is -0.493 e. The van der Waals surface area contributed by atoms with Gasteiger partial charge < -0.3 is 78.2 Å². The molecule has 0 saturated carbocycles. The van der Waals surface area contributed by atoms with Gasteiger partial charge in [0.25, 0.3) is 5.91 Å². The van der Waals surface area contributed by atoms with Gasteiger partial charge in [-0.05, 0) is 115 Å². The number of carbonyl (C=O) groups excluding carboxylic acids is 6. The number of aliphatic hydroxyl groups is 1. The van der Waals surface area contributed by atoms with Crippen LogP contribution in [-0.2, 0) is 60.7 Å². The Bertz CT molecular complexity index is 3220. The van der Waals surface area contributed by atoms with Crippen molar-refractivity contribution in [3.05, 3.63) is 112 Å². The number of hydrogen-bond acceptors (Lipinski definition) is 19. The Hall–Kier alpha value is -8.03. The molecule has 5 amide bonds. The maximum atomic E-state index is 14.6. The Balaban J connectivity index is 0.828. The van der Waals surface area contributed by atoms with Crippen LogP contribution >= 0.6 is 11.3 Å². The summed E-state index contributed by atoms with van der Waals surface area (Å²) in [6, 6.07) is 21.3. The topological polar surface area (TPSA) is 270 Å². The highest BCUT2D eigenvalue weighted by Crippen LogP contribution is 2.42. The maximum absolute atomic E-state index is 14.6. The summed E-state index contributed by atoms with van der Waals surface area (Å²) in [4.78, 5) is 91.1. The van der Waals surface area contributed by atoms with Crippen molar-refractivity contribution in [3.63, 3.8) is 0 Å². The van der Waals surface area contributed by atoms with Crippen molar-refractivity contribution in [3.8, 4) is 44.9 Å². The van der Waals surface area contributed by atoms with Crippen LogP contribution in [0.5, 0.6) is 34.5 Å². The fourth-order valence-corrected chi connectivity index (χ4v) is 12.0. The zero-order valence-corrected chi connectivity index (χ0v) is 55.3. The lowest BCUT2D eigenvalue weighted by Gasteiger charge is -2.37. The predicted molar refractivity (Wildman–Crippen MR) is 344 cm³/mol. The largest absolute Gasteiger partial charge is 0.493 e. The number of ether oxygens (including phenoxy) is 10. The van der Waals surface area contributed by atoms with E-state index < -0.39 is 65.4 Å². The van der Waals surface area contributed by atoms with E-state index in [0.717, 1.165) is 40.1 Å². The summed E-state index contributed by atoms with van der Waals surface area (Å²) in [7, 11) is 7.69. The summed E-state index contributed by atoms with van der Waals surface area (Å²) >= 11 is 1.56. The predicted octanol–water partition coefficient (Wildman–Crippen LogP) is 7.31. The number of likely N-dealkylation sites (tertiary alicyclic amines) is 2. The molecule has 2 saturated heterocycles. The summed E-state index contributed by atoms with van der Waals surface area (Å²) in [5.74, 6) is -0.363. The molecule has 2 aliphatic heterocycles. The van der Waals surface area contributed by atoms with Crippen LogP contribution in [0.3, 0.4) is 0 Å². The fourth-order valence-electron chi connectivity index (χ4n) is 11.2. The molecule has 7 rings (SSSR count). The van der Waals surface area contributed by atoms with Crippen LogP contribution in [0, 0.1) is 12.3 Å². The summed E-state index contributed by atoms with van der Waals surface area (Å²) < 4.78 is 56.9. The van der Waals surface area contributed by atoms with E-state index in [-0.39, 0.29) is 84.1 Å². The molecular formula is C68H90N6O17S. The van der Waals surface area contributed by atoms with Gasteiger partial charge in [0.15, 0.2) is 29.6 Å². The Kier molecular flexibility index (Phi) is 27.3. The Morgan fingerprint density at radius 1 is 0.707 bits per heavy atom. The van der Waals surface area contributed by atoms with Gasteiger partial charge in [-0.25, -0.2) is 9.78 Å². The van der Waals surface area contributed by atoms with Crippen molar-refractivity contribution in [1.82, 2.24) is 30.7 Å². The van der Waals surface area contributed by atoms with Gasteiger partial charge in [-0.2, -0.15) is 0 Å². The number of nitrogens with one attached hydrogen (secondary N) is 3. The number of aliphatic hydroxyl groups excluding tert-OH is 1. The normalized spacial score (nSPS) is 16.6. The molecule has 5 aromatic rings. The smallest absolute Gasteiger partial charge is 0.329 e. The molecule has 92 heavy (non-hydrogen) atoms. The van der Waals surface area contributed by atoms with E-state index in [9.17, 15) is 33.9 Å². The number of hydrogen-bond donors (Lipinski definition) is 4. The molecule has 2 fully saturated rings. The van der Waals surface area contributed by atoms with Crippen molar-refractivity contribution < 1.29 is 81.2 Å². The lowest BCUT2D eigenvalue weighted by atomic mass is 9.85. The SMILES string of the molecule is CC[C@H](C(=O)N1CCCC[C@H]1C(=O)OC(CCc1ccc(OC)c(OC)c1)c1cccc(OCC(=O)NCCOCCOCCOCC(=O)N[C@H](C(=O)N2C[C@H](O)C[C@H]2C(=O)NCc2ccc(-c3scnc3C)cc2)C(C)(C)C)c1)c1cc(OC)c(OC)c(OC)c1. The van der Waals surface area contributed by atoms with E-state index in [1.165, 1.54) is 26.2 Å². The minimum absolute atomic E-state index is 0.0485. The van der Waals surface area contributed by atoms with Gasteiger partial charge >= 0.3 is 5.97 Å². The van der Waals surface area contributed by atoms with Crippen molar-refractivity contribution >= 4 is 46.8 Å². The summed E-state index contributed by atoms with van der Waals surface area (Å²) in [6.45, 7) is 10.3. The van der Waals surface area contributed by atoms with E-state index in [4.69, 9.17) is 47.4 Å². The molecule has 4 N–H and O–H groups in total. The first-order chi connectivity index (χ1) is 44.3. The van der Waals surface area contributed by atoms with Crippen molar-refractivity contribution in [2.24, 2.45) is 5.41 Å². The van der Waals surface area contributed by atoms with Crippen molar-refractivity contribution in [2.45, 2.75) is 122 Å². The van der Waals surface area contributed by atoms with Crippen LogP contribution in [0.25, 0.3) is 10.4 Å². The van der Waals surface area contributed by atoms with E-state index in [1.807, 2.05) is 83.1 Å². The number of benzene rings is 4. The monoisotopic (exact) mass is 1290 g/mol. The molecule has 6 atom stereocenters. The molecule has 0 bridgehead atoms. The first-order valence-corrected chi connectivity index (χ1v) is 32.0. The van der Waals surface area contributed by atoms with E-state index in [1.54, 1.807) is 66.3 Å². The number of aryl methyl sites for hydroxylation is 2. The second-order valence-electron chi connectivity index (χ2n) is 23.5. The first kappa shape index (κ1) is 71.4. The van der Waals surface area contributed by atoms with Crippen LogP contribution in [0.15, 0.2) is 84.4 Å². The molecule has 4 aromatic carbocycles. The average molecular weight is 1300 g/mol. The van der Waals surface area contributed by atoms with Crippen molar-refractivity contribution in [2.75, 3.05) is 101 Å². The van der Waals surface area contributed by atoms with Gasteiger partial charge in [-0.1, -0.05) is 70.2 Å². The fraction of sp³-hybridized carbons (Fsp3) is 0.515. The Morgan fingerprint density at radius 2 is 1.39 bits per heavy atom. The third kappa shape index (κ3) is 19.7. The number of nitrogens with zero attached hydrogens (tertiary/aromatic N) is 3. The third-order valence-corrected chi connectivity index (χ3v) is 17.1. The molecule has 24 heteroatoms. The van der Waals surface area contributed by atoms with Gasteiger partial charge in [-0.15, -0.1) is 11.3 Å². The standard InChI is InChI=1S/C68H90N6O17S/c1-11-51(48-35-57(84-8)61(86-10)58(36-48)85-9)65(79)73-27-13-12-17-52(73)67(81)91-54(24-20-44-21-25-55(82-6)56(33-44)83-7)47-15-14-16-50(34-47)90-41-59(76)69-26-28-87-29-30-88-31-32-89-40-60(77)72-63(68(3,4)5)66(80)74-39-49(75)37-53(74)64(78)70-38-45-18-22-46(23-19-45)62-43(2)71-42-92-62/h14-16,18-19,21-23,25,33-36,42,49,51-54,63,75H,11-13,17,20,24,26-32,37-41H2,1-10H3,(H,69,76)(H,70,78)(H,72,77)/t49-,51+,52+,53+,54?,63-/m1/s1. The number of methoxy groups -OCH3 is 5. The molecule has 23 nitrogen and oxygen atoms in total. The number of aromatic nitrogens is 1.